The lowest BCUT2D eigenvalue weighted by Crippen LogP contribution is -2.45. The Morgan fingerprint density at radius 3 is 2.39 bits per heavy atom. The highest BCUT2D eigenvalue weighted by Gasteiger charge is 2.18. The molecule has 3 aromatic rings. The molecule has 0 spiro atoms. The average Bonchev–Trinajstić information content (AvgIpc) is 2.83. The third kappa shape index (κ3) is 5.50. The Balaban J connectivity index is 1.42. The van der Waals surface area contributed by atoms with Crippen LogP contribution in [0.1, 0.15) is 27.0 Å². The Morgan fingerprint density at radius 2 is 1.58 bits per heavy atom. The van der Waals surface area contributed by atoms with E-state index in [-0.39, 0.29) is 5.91 Å². The van der Waals surface area contributed by atoms with Crippen molar-refractivity contribution in [1.82, 2.24) is 15.2 Å². The van der Waals surface area contributed by atoms with Crippen molar-refractivity contribution >= 4 is 11.7 Å². The van der Waals surface area contributed by atoms with Crippen LogP contribution in [0.2, 0.25) is 0 Å². The molecule has 1 aromatic heterocycles. The maximum atomic E-state index is 13.0. The number of likely N-dealkylation sites (N-methyl/N-ethyl adjacent to an activating group) is 1. The van der Waals surface area contributed by atoms with E-state index in [1.165, 1.54) is 5.56 Å². The second-order valence-corrected chi connectivity index (χ2v) is 8.10. The first-order chi connectivity index (χ1) is 15.2. The molecular weight excluding hydrogens is 384 g/mol. The van der Waals surface area contributed by atoms with Gasteiger partial charge >= 0.3 is 0 Å². The number of carbonyl (C=O) groups excluding carboxylic acids is 1. The number of nitrogens with zero attached hydrogens (tertiary/aromatic N) is 3. The average molecular weight is 415 g/mol. The second-order valence-electron chi connectivity index (χ2n) is 8.10. The molecule has 1 saturated heterocycles. The summed E-state index contributed by atoms with van der Waals surface area (Å²) in [6, 6.07) is 22.3. The van der Waals surface area contributed by atoms with Gasteiger partial charge in [0.2, 0.25) is 0 Å². The summed E-state index contributed by atoms with van der Waals surface area (Å²) < 4.78 is 0. The molecule has 0 aliphatic carbocycles. The van der Waals surface area contributed by atoms with Gasteiger partial charge < -0.3 is 15.1 Å². The Labute approximate surface area is 184 Å². The number of aromatic nitrogens is 1. The highest BCUT2D eigenvalue weighted by Crippen LogP contribution is 2.19. The normalized spacial score (nSPS) is 14.4. The number of nitrogens with one attached hydrogen (secondary N) is 1. The van der Waals surface area contributed by atoms with Gasteiger partial charge in [0.05, 0.1) is 0 Å². The van der Waals surface area contributed by atoms with Crippen LogP contribution < -0.4 is 10.2 Å². The quantitative estimate of drug-likeness (QED) is 0.642. The Bertz CT molecular complexity index is 997. The fourth-order valence-electron chi connectivity index (χ4n) is 4.03. The fraction of sp³-hybridized carbons (Fsp3) is 0.308. The van der Waals surface area contributed by atoms with E-state index < -0.39 is 0 Å². The number of piperazine rings is 1. The first kappa shape index (κ1) is 21.1. The van der Waals surface area contributed by atoms with Gasteiger partial charge in [-0.2, -0.15) is 0 Å². The van der Waals surface area contributed by atoms with E-state index in [9.17, 15) is 4.79 Å². The largest absolute Gasteiger partial charge is 0.354 e. The van der Waals surface area contributed by atoms with E-state index in [0.717, 1.165) is 61.5 Å². The molecule has 0 atom stereocenters. The van der Waals surface area contributed by atoms with Crippen LogP contribution >= 0.6 is 0 Å². The van der Waals surface area contributed by atoms with Gasteiger partial charge in [-0.05, 0) is 43.1 Å². The molecule has 5 heteroatoms. The van der Waals surface area contributed by atoms with Crippen LogP contribution in [0.25, 0.3) is 0 Å². The van der Waals surface area contributed by atoms with Crippen LogP contribution in [0.5, 0.6) is 0 Å². The summed E-state index contributed by atoms with van der Waals surface area (Å²) in [4.78, 5) is 22.3. The fourth-order valence-corrected chi connectivity index (χ4v) is 4.03. The number of hydrogen-bond donors (Lipinski definition) is 1. The van der Waals surface area contributed by atoms with Crippen molar-refractivity contribution in [2.24, 2.45) is 0 Å². The van der Waals surface area contributed by atoms with Crippen molar-refractivity contribution in [3.05, 3.63) is 95.2 Å². The van der Waals surface area contributed by atoms with Crippen molar-refractivity contribution in [3.63, 3.8) is 0 Å². The summed E-state index contributed by atoms with van der Waals surface area (Å²) in [6.45, 7) is 4.43. The van der Waals surface area contributed by atoms with Gasteiger partial charge in [0, 0.05) is 50.0 Å². The highest BCUT2D eigenvalue weighted by molar-refractivity contribution is 5.95. The zero-order chi connectivity index (χ0) is 21.5. The molecule has 31 heavy (non-hydrogen) atoms. The minimum absolute atomic E-state index is 0.0307. The van der Waals surface area contributed by atoms with Crippen molar-refractivity contribution in [2.45, 2.75) is 19.4 Å². The van der Waals surface area contributed by atoms with Gasteiger partial charge in [0.25, 0.3) is 5.91 Å². The van der Waals surface area contributed by atoms with Crippen molar-refractivity contribution in [3.8, 4) is 0 Å². The predicted octanol–water partition coefficient (Wildman–Crippen LogP) is 3.55. The molecular formula is C26H30N4O. The maximum absolute atomic E-state index is 13.0. The van der Waals surface area contributed by atoms with Gasteiger partial charge in [-0.3, -0.25) is 4.79 Å². The van der Waals surface area contributed by atoms with E-state index >= 15 is 0 Å². The summed E-state index contributed by atoms with van der Waals surface area (Å²) in [5.41, 5.74) is 4.17. The van der Waals surface area contributed by atoms with Crippen molar-refractivity contribution in [2.75, 3.05) is 38.1 Å². The smallest absolute Gasteiger partial charge is 0.251 e. The third-order valence-corrected chi connectivity index (χ3v) is 5.90. The lowest BCUT2D eigenvalue weighted by molar-refractivity contribution is 0.0950. The van der Waals surface area contributed by atoms with E-state index in [1.54, 1.807) is 0 Å². The molecule has 0 saturated carbocycles. The minimum Gasteiger partial charge on any atom is -0.354 e. The monoisotopic (exact) mass is 414 g/mol. The molecule has 1 amide bonds. The van der Waals surface area contributed by atoms with Crippen LogP contribution in [0, 0.1) is 0 Å². The molecule has 160 valence electrons. The highest BCUT2D eigenvalue weighted by atomic mass is 16.1. The van der Waals surface area contributed by atoms with Gasteiger partial charge in [0.1, 0.15) is 5.82 Å². The molecule has 5 nitrogen and oxygen atoms in total. The lowest BCUT2D eigenvalue weighted by atomic mass is 9.99. The number of benzene rings is 2. The zero-order valence-corrected chi connectivity index (χ0v) is 18.1. The summed E-state index contributed by atoms with van der Waals surface area (Å²) >= 11 is 0. The third-order valence-electron chi connectivity index (χ3n) is 5.90. The SMILES string of the molecule is CN1CCN(c2ncccc2CNC(=O)c2ccccc2CCc2ccccc2)CC1. The van der Waals surface area contributed by atoms with Gasteiger partial charge in [-0.15, -0.1) is 0 Å². The first-order valence-corrected chi connectivity index (χ1v) is 11.0. The van der Waals surface area contributed by atoms with Crippen molar-refractivity contribution < 1.29 is 4.79 Å². The number of carbonyl (C=O) groups is 1. The molecule has 4 rings (SSSR count). The summed E-state index contributed by atoms with van der Waals surface area (Å²) in [7, 11) is 2.14. The van der Waals surface area contributed by atoms with Gasteiger partial charge in [-0.25, -0.2) is 4.98 Å². The van der Waals surface area contributed by atoms with Crippen LogP contribution in [-0.2, 0) is 19.4 Å². The lowest BCUT2D eigenvalue weighted by Gasteiger charge is -2.34. The minimum atomic E-state index is -0.0307. The zero-order valence-electron chi connectivity index (χ0n) is 18.1. The Morgan fingerprint density at radius 1 is 0.871 bits per heavy atom. The maximum Gasteiger partial charge on any atom is 0.251 e. The Hall–Kier alpha value is -3.18. The Kier molecular flexibility index (Phi) is 6.95. The number of rotatable bonds is 7. The van der Waals surface area contributed by atoms with E-state index in [4.69, 9.17) is 0 Å². The molecule has 1 N–H and O–H groups in total. The number of anilines is 1. The summed E-state index contributed by atoms with van der Waals surface area (Å²) in [6.07, 6.45) is 3.59. The molecule has 1 aliphatic heterocycles. The molecule has 0 bridgehead atoms. The second kappa shape index (κ2) is 10.2. The number of hydrogen-bond acceptors (Lipinski definition) is 4. The molecule has 1 aliphatic rings. The van der Waals surface area contributed by atoms with E-state index in [2.05, 4.69) is 63.5 Å². The number of pyridine rings is 1. The molecule has 2 aromatic carbocycles. The van der Waals surface area contributed by atoms with Gasteiger partial charge in [0.15, 0.2) is 0 Å². The van der Waals surface area contributed by atoms with Crippen LogP contribution in [-0.4, -0.2) is 49.0 Å². The topological polar surface area (TPSA) is 48.5 Å². The van der Waals surface area contributed by atoms with Crippen LogP contribution in [0.3, 0.4) is 0 Å². The van der Waals surface area contributed by atoms with Crippen LogP contribution in [0.15, 0.2) is 72.9 Å². The summed E-state index contributed by atoms with van der Waals surface area (Å²) in [5, 5.41) is 3.13. The first-order valence-electron chi connectivity index (χ1n) is 11.0. The standard InChI is InChI=1S/C26H30N4O/c1-29-16-18-30(19-17-29)25-23(11-7-15-27-25)20-28-26(31)24-12-6-5-10-22(24)14-13-21-8-3-2-4-9-21/h2-12,15H,13-14,16-20H2,1H3,(H,28,31). The number of amides is 1. The molecule has 1 fully saturated rings. The van der Waals surface area contributed by atoms with Gasteiger partial charge in [-0.1, -0.05) is 54.6 Å². The number of aryl methyl sites for hydroxylation is 2. The summed E-state index contributed by atoms with van der Waals surface area (Å²) in [5.74, 6) is 0.949. The van der Waals surface area contributed by atoms with Crippen LogP contribution in [0.4, 0.5) is 5.82 Å². The molecule has 0 unspecified atom stereocenters. The predicted molar refractivity (Wildman–Crippen MR) is 125 cm³/mol. The van der Waals surface area contributed by atoms with E-state index in [0.29, 0.717) is 6.54 Å². The van der Waals surface area contributed by atoms with Crippen molar-refractivity contribution in [1.29, 1.82) is 0 Å². The van der Waals surface area contributed by atoms with E-state index in [1.807, 2.05) is 36.5 Å². The molecule has 0 radical (unpaired) electrons. The molecule has 2 heterocycles.